The fraction of sp³-hybridized carbons (Fsp3) is 0.304. The number of amides is 1. The normalized spacial score (nSPS) is 15.2. The summed E-state index contributed by atoms with van der Waals surface area (Å²) >= 11 is 0. The Hall–Kier alpha value is -3.02. The predicted octanol–water partition coefficient (Wildman–Crippen LogP) is 3.31. The Kier molecular flexibility index (Phi) is 7.21. The van der Waals surface area contributed by atoms with Gasteiger partial charge in [0, 0.05) is 32.1 Å². The van der Waals surface area contributed by atoms with Crippen molar-refractivity contribution in [2.45, 2.75) is 24.3 Å². The second kappa shape index (κ2) is 9.86. The van der Waals surface area contributed by atoms with Crippen LogP contribution in [0, 0.1) is 23.1 Å². The molecule has 1 amide bonds. The van der Waals surface area contributed by atoms with Gasteiger partial charge in [-0.15, -0.1) is 6.58 Å². The van der Waals surface area contributed by atoms with E-state index in [0.717, 1.165) is 11.6 Å². The molecule has 2 aromatic carbocycles. The van der Waals surface area contributed by atoms with Crippen molar-refractivity contribution >= 4 is 15.9 Å². The molecule has 0 atom stereocenters. The molecule has 1 fully saturated rings. The van der Waals surface area contributed by atoms with Crippen molar-refractivity contribution in [3.05, 3.63) is 78.1 Å². The number of rotatable bonds is 7. The first kappa shape index (κ1) is 22.7. The summed E-state index contributed by atoms with van der Waals surface area (Å²) in [6, 6.07) is 14.4. The van der Waals surface area contributed by atoms with Gasteiger partial charge < -0.3 is 4.90 Å². The van der Waals surface area contributed by atoms with Gasteiger partial charge in [0.05, 0.1) is 11.6 Å². The summed E-state index contributed by atoms with van der Waals surface area (Å²) in [5, 5.41) is 8.92. The molecule has 31 heavy (non-hydrogen) atoms. The van der Waals surface area contributed by atoms with Crippen LogP contribution in [0.4, 0.5) is 4.39 Å². The summed E-state index contributed by atoms with van der Waals surface area (Å²) < 4.78 is 40.8. The summed E-state index contributed by atoms with van der Waals surface area (Å²) in [4.78, 5) is 14.4. The van der Waals surface area contributed by atoms with Crippen LogP contribution in [0.15, 0.2) is 66.1 Å². The number of hydrogen-bond donors (Lipinski definition) is 0. The van der Waals surface area contributed by atoms with E-state index in [4.69, 9.17) is 5.26 Å². The number of piperidine rings is 1. The monoisotopic (exact) mass is 441 g/mol. The molecule has 3 rings (SSSR count). The minimum Gasteiger partial charge on any atom is -0.334 e. The molecule has 1 aliphatic heterocycles. The van der Waals surface area contributed by atoms with Gasteiger partial charge in [-0.3, -0.25) is 4.79 Å². The minimum atomic E-state index is -3.94. The van der Waals surface area contributed by atoms with Gasteiger partial charge in [-0.2, -0.15) is 9.57 Å². The molecule has 0 aliphatic carbocycles. The Bertz CT molecular complexity index is 1090. The number of hydrogen-bond acceptors (Lipinski definition) is 4. The van der Waals surface area contributed by atoms with Gasteiger partial charge in [0.15, 0.2) is 0 Å². The Labute approximate surface area is 182 Å². The van der Waals surface area contributed by atoms with Crippen LogP contribution in [0.25, 0.3) is 0 Å². The topological polar surface area (TPSA) is 81.5 Å². The summed E-state index contributed by atoms with van der Waals surface area (Å²) in [5.74, 6) is -1.15. The zero-order valence-electron chi connectivity index (χ0n) is 17.1. The molecular weight excluding hydrogens is 417 g/mol. The van der Waals surface area contributed by atoms with Crippen LogP contribution in [-0.4, -0.2) is 43.2 Å². The van der Waals surface area contributed by atoms with E-state index in [9.17, 15) is 17.6 Å². The lowest BCUT2D eigenvalue weighted by atomic mass is 9.96. The van der Waals surface area contributed by atoms with Crippen LogP contribution in [0.2, 0.25) is 0 Å². The molecule has 0 unspecified atom stereocenters. The molecular formula is C23H24FN3O3S. The molecule has 0 radical (unpaired) electrons. The molecule has 1 heterocycles. The number of carbonyl (C=O) groups is 1. The van der Waals surface area contributed by atoms with E-state index in [1.165, 1.54) is 22.5 Å². The fourth-order valence-electron chi connectivity index (χ4n) is 3.69. The molecule has 8 heteroatoms. The number of halogens is 1. The maximum atomic E-state index is 14.0. The summed E-state index contributed by atoms with van der Waals surface area (Å²) in [5.41, 5.74) is 1.45. The average molecular weight is 442 g/mol. The maximum absolute atomic E-state index is 14.0. The number of carbonyl (C=O) groups excluding carboxylic acids is 1. The van der Waals surface area contributed by atoms with Crippen molar-refractivity contribution in [1.29, 1.82) is 5.26 Å². The number of sulfonamides is 1. The Morgan fingerprint density at radius 2 is 1.84 bits per heavy atom. The van der Waals surface area contributed by atoms with E-state index in [2.05, 4.69) is 12.6 Å². The first-order valence-electron chi connectivity index (χ1n) is 10.00. The second-order valence-corrected chi connectivity index (χ2v) is 9.33. The molecule has 1 aliphatic rings. The highest BCUT2D eigenvalue weighted by Gasteiger charge is 2.34. The molecule has 2 aromatic rings. The highest BCUT2D eigenvalue weighted by atomic mass is 32.2. The standard InChI is InChI=1S/C23H24FN3O3S/c1-2-13-26(17-19-9-7-18(16-25)8-10-19)23(28)20-11-14-27(15-12-20)31(29,30)22-6-4-3-5-21(22)24/h2-10,20H,1,11-15,17H2. The van der Waals surface area contributed by atoms with Crippen molar-refractivity contribution in [3.63, 3.8) is 0 Å². The summed E-state index contributed by atoms with van der Waals surface area (Å²) in [6.07, 6.45) is 2.39. The number of benzene rings is 2. The molecule has 0 spiro atoms. The average Bonchev–Trinajstić information content (AvgIpc) is 2.79. The highest BCUT2D eigenvalue weighted by Crippen LogP contribution is 2.26. The van der Waals surface area contributed by atoms with Crippen molar-refractivity contribution in [1.82, 2.24) is 9.21 Å². The van der Waals surface area contributed by atoms with E-state index in [1.807, 2.05) is 12.1 Å². The Balaban J connectivity index is 1.66. The van der Waals surface area contributed by atoms with Gasteiger partial charge >= 0.3 is 0 Å². The van der Waals surface area contributed by atoms with Gasteiger partial charge in [-0.1, -0.05) is 30.3 Å². The van der Waals surface area contributed by atoms with Gasteiger partial charge in [0.2, 0.25) is 15.9 Å². The smallest absolute Gasteiger partial charge is 0.245 e. The van der Waals surface area contributed by atoms with Crippen LogP contribution in [0.5, 0.6) is 0 Å². The second-order valence-electron chi connectivity index (χ2n) is 7.42. The highest BCUT2D eigenvalue weighted by molar-refractivity contribution is 7.89. The van der Waals surface area contributed by atoms with Crippen LogP contribution in [-0.2, 0) is 21.4 Å². The van der Waals surface area contributed by atoms with E-state index in [0.29, 0.717) is 31.5 Å². The maximum Gasteiger partial charge on any atom is 0.245 e. The van der Waals surface area contributed by atoms with Crippen molar-refractivity contribution in [3.8, 4) is 6.07 Å². The van der Waals surface area contributed by atoms with E-state index in [-0.39, 0.29) is 29.8 Å². The lowest BCUT2D eigenvalue weighted by Gasteiger charge is -2.33. The van der Waals surface area contributed by atoms with Gasteiger partial charge in [-0.05, 0) is 42.7 Å². The Morgan fingerprint density at radius 3 is 2.42 bits per heavy atom. The van der Waals surface area contributed by atoms with Crippen molar-refractivity contribution in [2.75, 3.05) is 19.6 Å². The van der Waals surface area contributed by atoms with E-state index >= 15 is 0 Å². The van der Waals surface area contributed by atoms with Crippen LogP contribution in [0.1, 0.15) is 24.0 Å². The van der Waals surface area contributed by atoms with Crippen LogP contribution in [0.3, 0.4) is 0 Å². The zero-order chi connectivity index (χ0) is 22.4. The molecule has 6 nitrogen and oxygen atoms in total. The van der Waals surface area contributed by atoms with Crippen molar-refractivity contribution < 1.29 is 17.6 Å². The fourth-order valence-corrected chi connectivity index (χ4v) is 5.22. The Morgan fingerprint density at radius 1 is 1.19 bits per heavy atom. The first-order valence-corrected chi connectivity index (χ1v) is 11.4. The third-order valence-corrected chi connectivity index (χ3v) is 7.31. The van der Waals surface area contributed by atoms with Gasteiger partial charge in [0.25, 0.3) is 0 Å². The molecule has 0 aromatic heterocycles. The van der Waals surface area contributed by atoms with Crippen LogP contribution >= 0.6 is 0 Å². The summed E-state index contributed by atoms with van der Waals surface area (Å²) in [7, 11) is -3.94. The third kappa shape index (κ3) is 5.19. The molecule has 1 saturated heterocycles. The summed E-state index contributed by atoms with van der Waals surface area (Å²) in [6.45, 7) is 4.79. The third-order valence-electron chi connectivity index (χ3n) is 5.38. The van der Waals surface area contributed by atoms with Gasteiger partial charge in [-0.25, -0.2) is 12.8 Å². The number of nitrogens with zero attached hydrogens (tertiary/aromatic N) is 3. The quantitative estimate of drug-likeness (QED) is 0.618. The molecule has 0 bridgehead atoms. The lowest BCUT2D eigenvalue weighted by Crippen LogP contribution is -2.44. The van der Waals surface area contributed by atoms with Gasteiger partial charge in [0.1, 0.15) is 10.7 Å². The first-order chi connectivity index (χ1) is 14.9. The molecule has 0 saturated carbocycles. The SMILES string of the molecule is C=CCN(Cc1ccc(C#N)cc1)C(=O)C1CCN(S(=O)(=O)c2ccccc2F)CC1. The number of nitriles is 1. The minimum absolute atomic E-state index is 0.0628. The largest absolute Gasteiger partial charge is 0.334 e. The zero-order valence-corrected chi connectivity index (χ0v) is 17.9. The van der Waals surface area contributed by atoms with Crippen molar-refractivity contribution in [2.24, 2.45) is 5.92 Å². The molecule has 0 N–H and O–H groups in total. The van der Waals surface area contributed by atoms with E-state index < -0.39 is 15.8 Å². The van der Waals surface area contributed by atoms with Crippen LogP contribution < -0.4 is 0 Å². The molecule has 162 valence electrons. The lowest BCUT2D eigenvalue weighted by molar-refractivity contribution is -0.136. The predicted molar refractivity (Wildman–Crippen MR) is 115 cm³/mol. The van der Waals surface area contributed by atoms with E-state index in [1.54, 1.807) is 23.1 Å².